The third-order valence-corrected chi connectivity index (χ3v) is 9.15. The van der Waals surface area contributed by atoms with Crippen molar-refractivity contribution >= 4 is 48.4 Å². The summed E-state index contributed by atoms with van der Waals surface area (Å²) in [7, 11) is -6.39. The van der Waals surface area contributed by atoms with E-state index in [-0.39, 0.29) is 0 Å². The van der Waals surface area contributed by atoms with Crippen LogP contribution in [-0.2, 0) is 19.7 Å². The number of anilines is 2. The average molecular weight is 649 g/mol. The molecular weight excluding hydrogens is 617 g/mol. The van der Waals surface area contributed by atoms with Gasteiger partial charge in [0.05, 0.1) is 43.3 Å². The fourth-order valence-corrected chi connectivity index (χ4v) is 5.62. The lowest BCUT2D eigenvalue weighted by atomic mass is 10.2. The molecule has 2 aliphatic rings. The second-order valence-electron chi connectivity index (χ2n) is 10.8. The lowest BCUT2D eigenvalue weighted by Gasteiger charge is -2.09. The Bertz CT molecular complexity index is 2030. The summed E-state index contributed by atoms with van der Waals surface area (Å²) in [6.07, 6.45) is 16.8. The number of sulfone groups is 2. The molecule has 0 aliphatic heterocycles. The number of carbonyl (C=O) groups is 1. The zero-order valence-electron chi connectivity index (χ0n) is 24.6. The monoisotopic (exact) mass is 648 g/mol. The van der Waals surface area contributed by atoms with Crippen molar-refractivity contribution in [3.8, 4) is 11.4 Å². The number of nitrogens with two attached hydrogens (primary N) is 1. The van der Waals surface area contributed by atoms with Crippen molar-refractivity contribution in [3.05, 3.63) is 79.4 Å². The average Bonchev–Trinajstić information content (AvgIpc) is 3.97. The maximum absolute atomic E-state index is 11.8. The van der Waals surface area contributed by atoms with Crippen molar-refractivity contribution in [2.45, 2.75) is 47.6 Å². The Morgan fingerprint density at radius 3 is 1.93 bits per heavy atom. The highest BCUT2D eigenvalue weighted by Gasteiger charge is 2.29. The normalized spacial score (nSPS) is 14.4. The van der Waals surface area contributed by atoms with E-state index in [0.717, 1.165) is 53.8 Å². The van der Waals surface area contributed by atoms with Gasteiger partial charge in [-0.2, -0.15) is 0 Å². The van der Waals surface area contributed by atoms with Crippen LogP contribution in [0.1, 0.15) is 42.1 Å². The van der Waals surface area contributed by atoms with Crippen LogP contribution in [0.4, 0.5) is 11.4 Å². The summed E-state index contributed by atoms with van der Waals surface area (Å²) in [6, 6.07) is 10.7. The molecule has 3 N–H and O–H groups in total. The first-order valence-electron chi connectivity index (χ1n) is 14.0. The van der Waals surface area contributed by atoms with E-state index in [9.17, 15) is 21.6 Å². The summed E-state index contributed by atoms with van der Waals surface area (Å²) in [4.78, 5) is 30.5. The highest BCUT2D eigenvalue weighted by molar-refractivity contribution is 7.91. The van der Waals surface area contributed by atoms with Gasteiger partial charge in [-0.3, -0.25) is 4.79 Å². The van der Waals surface area contributed by atoms with Crippen LogP contribution in [0.5, 0.6) is 0 Å². The number of nitrogen functional groups attached to an aromatic ring is 1. The molecule has 7 rings (SSSR count). The van der Waals surface area contributed by atoms with Crippen LogP contribution in [0.2, 0.25) is 0 Å². The predicted molar refractivity (Wildman–Crippen MR) is 170 cm³/mol. The molecule has 2 fully saturated rings. The lowest BCUT2D eigenvalue weighted by molar-refractivity contribution is 0.112. The van der Waals surface area contributed by atoms with E-state index in [4.69, 9.17) is 5.73 Å². The molecule has 2 aliphatic carbocycles. The van der Waals surface area contributed by atoms with Crippen molar-refractivity contribution in [2.24, 2.45) is 0 Å². The van der Waals surface area contributed by atoms with Gasteiger partial charge in [-0.25, -0.2) is 41.8 Å². The van der Waals surface area contributed by atoms with Crippen molar-refractivity contribution in [2.75, 3.05) is 23.6 Å². The van der Waals surface area contributed by atoms with E-state index >= 15 is 0 Å². The molecule has 0 saturated heterocycles. The van der Waals surface area contributed by atoms with Crippen LogP contribution in [0.15, 0.2) is 83.6 Å². The molecule has 2 saturated carbocycles. The van der Waals surface area contributed by atoms with Gasteiger partial charge >= 0.3 is 0 Å². The van der Waals surface area contributed by atoms with E-state index in [1.807, 2.05) is 0 Å². The first kappa shape index (κ1) is 31.7. The van der Waals surface area contributed by atoms with Gasteiger partial charge in [0.15, 0.2) is 26.0 Å². The number of hydrogen-bond donors (Lipinski definition) is 2. The molecule has 0 spiro atoms. The summed E-state index contributed by atoms with van der Waals surface area (Å²) in [5, 5.41) is 3.21. The standard InChI is InChI=1S/C15H14N4O2S.C10H14N2O2S.C5H4N2O/c1-22(20,21)12-4-5-13-14(6-12)19(11-2-3-11)15(18-13)10-7-16-9-17-8-10;1-15(13,14)8-4-5-9(11)10(6-8)12-7-2-3-7;8-3-5-1-6-4-7-2-5/h4-9,11H,2-3H2,1H3;4-7,12H,2-3,11H2,1H3;1-4H. The number of carbonyl (C=O) groups excluding carboxylic acids is 1. The van der Waals surface area contributed by atoms with Crippen molar-refractivity contribution in [3.63, 3.8) is 0 Å². The third-order valence-electron chi connectivity index (χ3n) is 6.93. The minimum atomic E-state index is -3.24. The second kappa shape index (κ2) is 13.1. The smallest absolute Gasteiger partial charge is 0.175 e. The molecule has 5 aromatic rings. The molecule has 2 aromatic carbocycles. The number of aromatic nitrogens is 6. The van der Waals surface area contributed by atoms with E-state index in [1.165, 1.54) is 43.6 Å². The first-order chi connectivity index (χ1) is 21.4. The van der Waals surface area contributed by atoms with Crippen LogP contribution in [-0.4, -0.2) is 71.2 Å². The van der Waals surface area contributed by atoms with Gasteiger partial charge in [0.1, 0.15) is 18.5 Å². The number of aldehydes is 1. The molecule has 13 nitrogen and oxygen atoms in total. The lowest BCUT2D eigenvalue weighted by Crippen LogP contribution is -2.06. The SMILES string of the molecule is CS(=O)(=O)c1ccc(N)c(NC2CC2)c1.CS(=O)(=O)c1ccc2nc(-c3cncnc3)n(C3CC3)c2c1.O=Cc1cncnc1. The Morgan fingerprint density at radius 1 is 0.822 bits per heavy atom. The van der Waals surface area contributed by atoms with Gasteiger partial charge in [-0.05, 0) is 62.1 Å². The van der Waals surface area contributed by atoms with Crippen LogP contribution in [0.3, 0.4) is 0 Å². The third kappa shape index (κ3) is 8.25. The van der Waals surface area contributed by atoms with Crippen molar-refractivity contribution in [1.29, 1.82) is 0 Å². The van der Waals surface area contributed by atoms with Gasteiger partial charge in [-0.1, -0.05) is 0 Å². The minimum Gasteiger partial charge on any atom is -0.397 e. The Hall–Kier alpha value is -4.76. The van der Waals surface area contributed by atoms with Gasteiger partial charge in [0, 0.05) is 49.4 Å². The number of nitrogens with zero attached hydrogens (tertiary/aromatic N) is 6. The van der Waals surface area contributed by atoms with Crippen LogP contribution >= 0.6 is 0 Å². The zero-order valence-corrected chi connectivity index (χ0v) is 26.2. The summed E-state index contributed by atoms with van der Waals surface area (Å²) in [6.45, 7) is 0. The second-order valence-corrected chi connectivity index (χ2v) is 14.8. The van der Waals surface area contributed by atoms with Crippen LogP contribution < -0.4 is 11.1 Å². The maximum atomic E-state index is 11.8. The topological polar surface area (TPSA) is 193 Å². The number of benzene rings is 2. The van der Waals surface area contributed by atoms with Gasteiger partial charge in [0.2, 0.25) is 0 Å². The summed E-state index contributed by atoms with van der Waals surface area (Å²) >= 11 is 0. The van der Waals surface area contributed by atoms with E-state index in [0.29, 0.717) is 39.4 Å². The van der Waals surface area contributed by atoms with E-state index in [1.54, 1.807) is 42.7 Å². The highest BCUT2D eigenvalue weighted by atomic mass is 32.2. The van der Waals surface area contributed by atoms with Crippen LogP contribution in [0.25, 0.3) is 22.4 Å². The molecule has 0 unspecified atom stereocenters. The number of imidazole rings is 1. The van der Waals surface area contributed by atoms with E-state index in [2.05, 4.69) is 34.8 Å². The summed E-state index contributed by atoms with van der Waals surface area (Å²) in [5.41, 5.74) is 10.1. The molecule has 3 heterocycles. The molecule has 0 amide bonds. The van der Waals surface area contributed by atoms with Gasteiger partial charge in [-0.15, -0.1) is 0 Å². The molecule has 15 heteroatoms. The molecule has 234 valence electrons. The van der Waals surface area contributed by atoms with Crippen molar-refractivity contribution in [1.82, 2.24) is 29.5 Å². The number of hydrogen-bond acceptors (Lipinski definition) is 12. The fraction of sp³-hybridized carbons (Fsp3) is 0.267. The number of fused-ring (bicyclic) bond motifs is 1. The Labute approximate surface area is 260 Å². The maximum Gasteiger partial charge on any atom is 0.175 e. The molecule has 0 atom stereocenters. The molecule has 0 bridgehead atoms. The highest BCUT2D eigenvalue weighted by Crippen LogP contribution is 2.41. The van der Waals surface area contributed by atoms with E-state index < -0.39 is 19.7 Å². The largest absolute Gasteiger partial charge is 0.397 e. The Balaban J connectivity index is 0.000000150. The zero-order chi connectivity index (χ0) is 32.2. The predicted octanol–water partition coefficient (Wildman–Crippen LogP) is 3.77. The Kier molecular flexibility index (Phi) is 9.20. The van der Waals surface area contributed by atoms with Gasteiger partial charge in [0.25, 0.3) is 0 Å². The number of rotatable bonds is 7. The Morgan fingerprint density at radius 2 is 1.40 bits per heavy atom. The molecule has 0 radical (unpaired) electrons. The van der Waals surface area contributed by atoms with Gasteiger partial charge < -0.3 is 15.6 Å². The first-order valence-corrected chi connectivity index (χ1v) is 17.8. The number of nitrogens with one attached hydrogen (secondary N) is 1. The summed E-state index contributed by atoms with van der Waals surface area (Å²) < 4.78 is 48.4. The molecule has 45 heavy (non-hydrogen) atoms. The quantitative estimate of drug-likeness (QED) is 0.192. The molecule has 3 aromatic heterocycles. The minimum absolute atomic E-state index is 0.305. The molecular formula is C30H32N8O5S2. The van der Waals surface area contributed by atoms with Crippen LogP contribution in [0, 0.1) is 0 Å². The fourth-order valence-electron chi connectivity index (χ4n) is 4.33. The van der Waals surface area contributed by atoms with Crippen molar-refractivity contribution < 1.29 is 21.6 Å². The summed E-state index contributed by atoms with van der Waals surface area (Å²) in [5.74, 6) is 0.795.